The van der Waals surface area contributed by atoms with Crippen LogP contribution < -0.4 is 0 Å². The first kappa shape index (κ1) is 15.7. The van der Waals surface area contributed by atoms with Crippen LogP contribution in [0.15, 0.2) is 24.4 Å². The topological polar surface area (TPSA) is 44.2 Å². The van der Waals surface area contributed by atoms with Crippen molar-refractivity contribution in [2.75, 3.05) is 0 Å². The second kappa shape index (κ2) is 6.95. The molecular formula is C19H21FN2O2. The lowest BCUT2D eigenvalue weighted by molar-refractivity contribution is 0.0168. The lowest BCUT2D eigenvalue weighted by Crippen LogP contribution is -2.16. The largest absolute Gasteiger partial charge is 0.374 e. The molecule has 1 aliphatic carbocycles. The van der Waals surface area contributed by atoms with Gasteiger partial charge in [-0.3, -0.25) is 0 Å². The number of aromatic nitrogens is 2. The molecule has 126 valence electrons. The lowest BCUT2D eigenvalue weighted by Gasteiger charge is -2.22. The first-order valence-electron chi connectivity index (χ1n) is 8.62. The molecule has 0 radical (unpaired) electrons. The number of nitrogens with zero attached hydrogens (tertiary/aromatic N) is 2. The molecule has 0 bridgehead atoms. The van der Waals surface area contributed by atoms with Crippen molar-refractivity contribution >= 4 is 0 Å². The molecular weight excluding hydrogens is 307 g/mol. The molecule has 4 rings (SSSR count). The highest BCUT2D eigenvalue weighted by molar-refractivity contribution is 5.56. The van der Waals surface area contributed by atoms with Gasteiger partial charge in [0.15, 0.2) is 5.82 Å². The van der Waals surface area contributed by atoms with Crippen LogP contribution in [0.4, 0.5) is 4.39 Å². The Bertz CT molecular complexity index is 729. The number of fused-ring (bicyclic) bond motifs is 1. The molecule has 24 heavy (non-hydrogen) atoms. The van der Waals surface area contributed by atoms with E-state index in [0.717, 1.165) is 29.7 Å². The van der Waals surface area contributed by atoms with Crippen LogP contribution in [0.5, 0.6) is 0 Å². The van der Waals surface area contributed by atoms with Gasteiger partial charge in [0.25, 0.3) is 0 Å². The first-order chi connectivity index (χ1) is 11.8. The summed E-state index contributed by atoms with van der Waals surface area (Å²) in [6.07, 6.45) is 8.04. The van der Waals surface area contributed by atoms with Gasteiger partial charge in [-0.15, -0.1) is 0 Å². The molecule has 0 amide bonds. The van der Waals surface area contributed by atoms with Crippen molar-refractivity contribution < 1.29 is 13.9 Å². The SMILES string of the molecule is Fc1cc(COC2CCCCC2)cc(-c2ncc3c(n2)COC3)c1. The van der Waals surface area contributed by atoms with Gasteiger partial charge in [0.1, 0.15) is 5.82 Å². The van der Waals surface area contributed by atoms with Gasteiger partial charge in [0.2, 0.25) is 0 Å². The van der Waals surface area contributed by atoms with Crippen LogP contribution in [0.2, 0.25) is 0 Å². The minimum absolute atomic E-state index is 0.282. The van der Waals surface area contributed by atoms with Crippen LogP contribution >= 0.6 is 0 Å². The second-order valence-corrected chi connectivity index (χ2v) is 6.58. The van der Waals surface area contributed by atoms with Crippen LogP contribution in [-0.2, 0) is 29.3 Å². The van der Waals surface area contributed by atoms with E-state index in [2.05, 4.69) is 9.97 Å². The molecule has 1 aromatic carbocycles. The van der Waals surface area contributed by atoms with Gasteiger partial charge >= 0.3 is 0 Å². The zero-order chi connectivity index (χ0) is 16.4. The molecule has 0 spiro atoms. The Hall–Kier alpha value is -1.85. The van der Waals surface area contributed by atoms with E-state index in [4.69, 9.17) is 9.47 Å². The number of rotatable bonds is 4. The van der Waals surface area contributed by atoms with Gasteiger partial charge in [-0.25, -0.2) is 14.4 Å². The molecule has 1 saturated carbocycles. The summed E-state index contributed by atoms with van der Waals surface area (Å²) in [5.41, 5.74) is 3.42. The highest BCUT2D eigenvalue weighted by Crippen LogP contribution is 2.25. The maximum Gasteiger partial charge on any atom is 0.159 e. The number of hydrogen-bond acceptors (Lipinski definition) is 4. The molecule has 0 N–H and O–H groups in total. The minimum Gasteiger partial charge on any atom is -0.374 e. The zero-order valence-corrected chi connectivity index (χ0v) is 13.6. The van der Waals surface area contributed by atoms with E-state index in [9.17, 15) is 4.39 Å². The van der Waals surface area contributed by atoms with E-state index in [1.165, 1.54) is 31.4 Å². The van der Waals surface area contributed by atoms with Crippen LogP contribution in [0.1, 0.15) is 48.9 Å². The smallest absolute Gasteiger partial charge is 0.159 e. The van der Waals surface area contributed by atoms with Crippen LogP contribution in [-0.4, -0.2) is 16.1 Å². The summed E-state index contributed by atoms with van der Waals surface area (Å²) in [6, 6.07) is 4.92. The highest BCUT2D eigenvalue weighted by atomic mass is 19.1. The van der Waals surface area contributed by atoms with Gasteiger partial charge in [-0.05, 0) is 36.6 Å². The second-order valence-electron chi connectivity index (χ2n) is 6.58. The quantitative estimate of drug-likeness (QED) is 0.845. The highest BCUT2D eigenvalue weighted by Gasteiger charge is 2.17. The Morgan fingerprint density at radius 1 is 1.12 bits per heavy atom. The molecule has 4 nitrogen and oxygen atoms in total. The Morgan fingerprint density at radius 3 is 2.88 bits per heavy atom. The Morgan fingerprint density at radius 2 is 2.00 bits per heavy atom. The fraction of sp³-hybridized carbons (Fsp3) is 0.474. The Kier molecular flexibility index (Phi) is 4.54. The summed E-state index contributed by atoms with van der Waals surface area (Å²) in [5.74, 6) is 0.257. The van der Waals surface area contributed by atoms with Crippen molar-refractivity contribution in [3.8, 4) is 11.4 Å². The summed E-state index contributed by atoms with van der Waals surface area (Å²) in [6.45, 7) is 1.49. The molecule has 0 atom stereocenters. The summed E-state index contributed by atoms with van der Waals surface area (Å²) < 4.78 is 25.3. The maximum atomic E-state index is 14.0. The molecule has 2 heterocycles. The van der Waals surface area contributed by atoms with Crippen molar-refractivity contribution in [1.82, 2.24) is 9.97 Å². The number of halogens is 1. The van der Waals surface area contributed by atoms with Crippen molar-refractivity contribution in [3.63, 3.8) is 0 Å². The predicted molar refractivity (Wildman–Crippen MR) is 87.6 cm³/mol. The normalized spacial score (nSPS) is 17.9. The summed E-state index contributed by atoms with van der Waals surface area (Å²) in [7, 11) is 0. The van der Waals surface area contributed by atoms with E-state index in [0.29, 0.717) is 37.3 Å². The molecule has 1 aromatic heterocycles. The van der Waals surface area contributed by atoms with E-state index in [-0.39, 0.29) is 5.82 Å². The van der Waals surface area contributed by atoms with Crippen molar-refractivity contribution in [3.05, 3.63) is 47.0 Å². The zero-order valence-electron chi connectivity index (χ0n) is 13.6. The summed E-state index contributed by atoms with van der Waals surface area (Å²) in [5, 5.41) is 0. The first-order valence-corrected chi connectivity index (χ1v) is 8.62. The lowest BCUT2D eigenvalue weighted by atomic mass is 9.98. The van der Waals surface area contributed by atoms with Crippen LogP contribution in [0.3, 0.4) is 0 Å². The number of ether oxygens (including phenoxy) is 2. The fourth-order valence-corrected chi connectivity index (χ4v) is 3.39. The van der Waals surface area contributed by atoms with Crippen molar-refractivity contribution in [2.45, 2.75) is 58.0 Å². The third-order valence-corrected chi connectivity index (χ3v) is 4.70. The van der Waals surface area contributed by atoms with E-state index < -0.39 is 0 Å². The van der Waals surface area contributed by atoms with Gasteiger partial charge in [-0.1, -0.05) is 19.3 Å². The van der Waals surface area contributed by atoms with Gasteiger partial charge < -0.3 is 9.47 Å². The third-order valence-electron chi connectivity index (χ3n) is 4.70. The molecule has 2 aliphatic rings. The maximum absolute atomic E-state index is 14.0. The van der Waals surface area contributed by atoms with Crippen molar-refractivity contribution in [1.29, 1.82) is 0 Å². The Labute approximate surface area is 141 Å². The van der Waals surface area contributed by atoms with Gasteiger partial charge in [0.05, 0.1) is 31.6 Å². The van der Waals surface area contributed by atoms with Gasteiger partial charge in [-0.2, -0.15) is 0 Å². The summed E-state index contributed by atoms with van der Waals surface area (Å²) >= 11 is 0. The van der Waals surface area contributed by atoms with E-state index in [1.807, 2.05) is 6.07 Å². The molecule has 0 unspecified atom stereocenters. The van der Waals surface area contributed by atoms with Crippen LogP contribution in [0.25, 0.3) is 11.4 Å². The average Bonchev–Trinajstić information content (AvgIpc) is 3.08. The fourth-order valence-electron chi connectivity index (χ4n) is 3.39. The van der Waals surface area contributed by atoms with E-state index in [1.54, 1.807) is 6.20 Å². The standard InChI is InChI=1S/C19H21FN2O2/c20-16-7-13(10-24-17-4-2-1-3-5-17)6-14(8-16)19-21-9-15-11-23-12-18(15)22-19/h6-9,17H,1-5,10-12H2. The summed E-state index contributed by atoms with van der Waals surface area (Å²) in [4.78, 5) is 8.87. The molecule has 1 aliphatic heterocycles. The monoisotopic (exact) mass is 328 g/mol. The molecule has 0 saturated heterocycles. The molecule has 1 fully saturated rings. The number of hydrogen-bond donors (Lipinski definition) is 0. The molecule has 5 heteroatoms. The van der Waals surface area contributed by atoms with E-state index >= 15 is 0 Å². The van der Waals surface area contributed by atoms with Crippen LogP contribution in [0, 0.1) is 5.82 Å². The third kappa shape index (κ3) is 3.47. The predicted octanol–water partition coefficient (Wildman–Crippen LogP) is 4.16. The number of benzene rings is 1. The van der Waals surface area contributed by atoms with Crippen molar-refractivity contribution in [2.24, 2.45) is 0 Å². The Balaban J connectivity index is 1.52. The van der Waals surface area contributed by atoms with Gasteiger partial charge in [0, 0.05) is 17.3 Å². The average molecular weight is 328 g/mol. The molecule has 2 aromatic rings. The minimum atomic E-state index is -0.282.